The van der Waals surface area contributed by atoms with Crippen LogP contribution in [-0.2, 0) is 14.8 Å². The largest absolute Gasteiger partial charge is 0.458 e. The fourth-order valence-electron chi connectivity index (χ4n) is 2.98. The van der Waals surface area contributed by atoms with E-state index < -0.39 is 16.1 Å². The second-order valence-electron chi connectivity index (χ2n) is 6.41. The van der Waals surface area contributed by atoms with Gasteiger partial charge in [-0.1, -0.05) is 0 Å². The molecule has 9 heteroatoms. The summed E-state index contributed by atoms with van der Waals surface area (Å²) in [5, 5.41) is 16.9. The number of carbonyl (C=O) groups excluding carboxylic acids is 1. The molecule has 1 amide bonds. The minimum absolute atomic E-state index is 0.0573. The Morgan fingerprint density at radius 1 is 1.38 bits per heavy atom. The van der Waals surface area contributed by atoms with Crippen LogP contribution in [0.15, 0.2) is 33.4 Å². The van der Waals surface area contributed by atoms with E-state index in [-0.39, 0.29) is 18.4 Å². The Morgan fingerprint density at radius 2 is 2.12 bits per heavy atom. The van der Waals surface area contributed by atoms with Crippen LogP contribution in [0.3, 0.4) is 0 Å². The van der Waals surface area contributed by atoms with Gasteiger partial charge in [0.25, 0.3) is 0 Å². The Bertz CT molecular complexity index is 836. The zero-order valence-corrected chi connectivity index (χ0v) is 16.1. The topological polar surface area (TPSA) is 99.9 Å². The first-order valence-corrected chi connectivity index (χ1v) is 11.2. The van der Waals surface area contributed by atoms with E-state index in [2.05, 4.69) is 5.32 Å². The molecule has 1 aliphatic rings. The molecule has 0 radical (unpaired) electrons. The molecule has 0 unspecified atom stereocenters. The van der Waals surface area contributed by atoms with Gasteiger partial charge in [-0.05, 0) is 36.4 Å². The molecule has 3 heterocycles. The normalized spacial score (nSPS) is 17.9. The van der Waals surface area contributed by atoms with Crippen LogP contribution in [0, 0.1) is 5.92 Å². The number of sulfonamides is 1. The zero-order chi connectivity index (χ0) is 18.7. The SMILES string of the molecule is CS(=O)(=O)N1CCC(C(=O)NC[C@@H](O)c2ccc(-c3ccsc3)o2)CC1. The maximum absolute atomic E-state index is 12.3. The van der Waals surface area contributed by atoms with E-state index in [9.17, 15) is 18.3 Å². The molecule has 3 rings (SSSR count). The van der Waals surface area contributed by atoms with Gasteiger partial charge in [0, 0.05) is 30.0 Å². The van der Waals surface area contributed by atoms with E-state index in [1.807, 2.05) is 16.8 Å². The lowest BCUT2D eigenvalue weighted by molar-refractivity contribution is -0.126. The van der Waals surface area contributed by atoms with Crippen LogP contribution in [0.5, 0.6) is 0 Å². The quantitative estimate of drug-likeness (QED) is 0.773. The summed E-state index contributed by atoms with van der Waals surface area (Å²) in [4.78, 5) is 12.3. The number of rotatable bonds is 6. The van der Waals surface area contributed by atoms with E-state index in [4.69, 9.17) is 4.42 Å². The third kappa shape index (κ3) is 4.53. The molecule has 142 valence electrons. The molecule has 1 aliphatic heterocycles. The maximum atomic E-state index is 12.3. The predicted octanol–water partition coefficient (Wildman–Crippen LogP) is 1.83. The van der Waals surface area contributed by atoms with Crippen molar-refractivity contribution < 1.29 is 22.7 Å². The first-order valence-electron chi connectivity index (χ1n) is 8.38. The van der Waals surface area contributed by atoms with Gasteiger partial charge in [-0.15, -0.1) is 0 Å². The van der Waals surface area contributed by atoms with Crippen molar-refractivity contribution in [2.24, 2.45) is 5.92 Å². The Hall–Kier alpha value is -1.68. The molecule has 2 aromatic heterocycles. The van der Waals surface area contributed by atoms with Gasteiger partial charge in [-0.25, -0.2) is 12.7 Å². The van der Waals surface area contributed by atoms with E-state index in [1.54, 1.807) is 23.5 Å². The van der Waals surface area contributed by atoms with Crippen LogP contribution in [0.1, 0.15) is 24.7 Å². The van der Waals surface area contributed by atoms with Gasteiger partial charge in [0.2, 0.25) is 15.9 Å². The summed E-state index contributed by atoms with van der Waals surface area (Å²) in [7, 11) is -3.20. The van der Waals surface area contributed by atoms with Gasteiger partial charge in [0.05, 0.1) is 12.8 Å². The summed E-state index contributed by atoms with van der Waals surface area (Å²) in [6, 6.07) is 5.43. The second-order valence-corrected chi connectivity index (χ2v) is 9.17. The number of thiophene rings is 1. The molecule has 0 aromatic carbocycles. The maximum Gasteiger partial charge on any atom is 0.223 e. The van der Waals surface area contributed by atoms with Crippen molar-refractivity contribution in [1.29, 1.82) is 0 Å². The average molecular weight is 399 g/mol. The number of nitrogens with one attached hydrogen (secondary N) is 1. The molecule has 0 spiro atoms. The Balaban J connectivity index is 1.49. The van der Waals surface area contributed by atoms with Crippen molar-refractivity contribution in [1.82, 2.24) is 9.62 Å². The lowest BCUT2D eigenvalue weighted by Gasteiger charge is -2.29. The fraction of sp³-hybridized carbons (Fsp3) is 0.471. The summed E-state index contributed by atoms with van der Waals surface area (Å²) in [6.45, 7) is 0.755. The van der Waals surface area contributed by atoms with Crippen LogP contribution in [0.4, 0.5) is 0 Å². The summed E-state index contributed by atoms with van der Waals surface area (Å²) in [6.07, 6.45) is 1.22. The summed E-state index contributed by atoms with van der Waals surface area (Å²) in [5.41, 5.74) is 0.954. The van der Waals surface area contributed by atoms with E-state index in [1.165, 1.54) is 10.6 Å². The monoisotopic (exact) mass is 398 g/mol. The van der Waals surface area contributed by atoms with Crippen LogP contribution >= 0.6 is 11.3 Å². The lowest BCUT2D eigenvalue weighted by Crippen LogP contribution is -2.43. The zero-order valence-electron chi connectivity index (χ0n) is 14.4. The van der Waals surface area contributed by atoms with Crippen molar-refractivity contribution in [2.45, 2.75) is 18.9 Å². The van der Waals surface area contributed by atoms with Crippen molar-refractivity contribution in [3.8, 4) is 11.3 Å². The van der Waals surface area contributed by atoms with Crippen LogP contribution < -0.4 is 5.32 Å². The molecule has 1 atom stereocenters. The highest BCUT2D eigenvalue weighted by molar-refractivity contribution is 7.88. The third-order valence-electron chi connectivity index (χ3n) is 4.52. The Kier molecular flexibility index (Phi) is 5.81. The van der Waals surface area contributed by atoms with E-state index in [0.29, 0.717) is 37.5 Å². The Morgan fingerprint density at radius 3 is 2.73 bits per heavy atom. The first kappa shape index (κ1) is 19.1. The molecule has 0 bridgehead atoms. The van der Waals surface area contributed by atoms with Gasteiger partial charge in [-0.3, -0.25) is 4.79 Å². The summed E-state index contributed by atoms with van der Waals surface area (Å²) < 4.78 is 30.0. The van der Waals surface area contributed by atoms with Gasteiger partial charge in [0.1, 0.15) is 17.6 Å². The number of nitrogens with zero attached hydrogens (tertiary/aromatic N) is 1. The number of piperidine rings is 1. The highest BCUT2D eigenvalue weighted by Crippen LogP contribution is 2.27. The summed E-state index contributed by atoms with van der Waals surface area (Å²) >= 11 is 1.56. The molecule has 7 nitrogen and oxygen atoms in total. The minimum Gasteiger partial charge on any atom is -0.458 e. The van der Waals surface area contributed by atoms with Gasteiger partial charge in [0.15, 0.2) is 0 Å². The van der Waals surface area contributed by atoms with Crippen molar-refractivity contribution in [3.63, 3.8) is 0 Å². The number of hydrogen-bond acceptors (Lipinski definition) is 6. The predicted molar refractivity (Wildman–Crippen MR) is 99.1 cm³/mol. The highest BCUT2D eigenvalue weighted by Gasteiger charge is 2.29. The van der Waals surface area contributed by atoms with Crippen molar-refractivity contribution in [3.05, 3.63) is 34.7 Å². The van der Waals surface area contributed by atoms with Crippen LogP contribution in [-0.4, -0.2) is 49.6 Å². The van der Waals surface area contributed by atoms with Crippen molar-refractivity contribution in [2.75, 3.05) is 25.9 Å². The van der Waals surface area contributed by atoms with Crippen molar-refractivity contribution >= 4 is 27.3 Å². The molecular formula is C17H22N2O5S2. The second kappa shape index (κ2) is 7.91. The summed E-state index contributed by atoms with van der Waals surface area (Å²) in [5.74, 6) is 0.679. The molecule has 0 saturated carbocycles. The molecule has 2 aromatic rings. The van der Waals surface area contributed by atoms with E-state index in [0.717, 1.165) is 5.56 Å². The van der Waals surface area contributed by atoms with Crippen LogP contribution in [0.25, 0.3) is 11.3 Å². The Labute approximate surface area is 156 Å². The minimum atomic E-state index is -3.20. The third-order valence-corrected chi connectivity index (χ3v) is 6.51. The number of furan rings is 1. The van der Waals surface area contributed by atoms with Gasteiger partial charge < -0.3 is 14.8 Å². The standard InChI is InChI=1S/C17H22N2O5S2/c1-26(22,23)19-7-4-12(5-8-19)17(21)18-10-14(20)16-3-2-15(24-16)13-6-9-25-11-13/h2-3,6,9,11-12,14,20H,4-5,7-8,10H2,1H3,(H,18,21)/t14-/m1/s1. The smallest absolute Gasteiger partial charge is 0.223 e. The van der Waals surface area contributed by atoms with Crippen LogP contribution in [0.2, 0.25) is 0 Å². The average Bonchev–Trinajstić information content (AvgIpc) is 3.29. The number of hydrogen-bond donors (Lipinski definition) is 2. The number of amides is 1. The molecule has 2 N–H and O–H groups in total. The van der Waals surface area contributed by atoms with Gasteiger partial charge >= 0.3 is 0 Å². The number of carbonyl (C=O) groups is 1. The first-order chi connectivity index (χ1) is 12.3. The molecule has 1 fully saturated rings. The molecule has 26 heavy (non-hydrogen) atoms. The van der Waals surface area contributed by atoms with Gasteiger partial charge in [-0.2, -0.15) is 11.3 Å². The number of aliphatic hydroxyl groups is 1. The molecule has 0 aliphatic carbocycles. The highest BCUT2D eigenvalue weighted by atomic mass is 32.2. The molecular weight excluding hydrogens is 376 g/mol. The lowest BCUT2D eigenvalue weighted by atomic mass is 9.97. The fourth-order valence-corrected chi connectivity index (χ4v) is 4.50. The molecule has 1 saturated heterocycles. The van der Waals surface area contributed by atoms with E-state index >= 15 is 0 Å². The number of aliphatic hydroxyl groups excluding tert-OH is 1.